The molecule has 7 nitrogen and oxygen atoms in total. The van der Waals surface area contributed by atoms with E-state index in [1.54, 1.807) is 6.07 Å². The first-order chi connectivity index (χ1) is 14.8. The Morgan fingerprint density at radius 3 is 2.45 bits per heavy atom. The highest BCUT2D eigenvalue weighted by atomic mass is 32.2. The minimum absolute atomic E-state index is 0.151. The molecule has 0 aliphatic carbocycles. The van der Waals surface area contributed by atoms with Gasteiger partial charge in [-0.3, -0.25) is 4.79 Å². The molecular weight excluding hydrogens is 434 g/mol. The number of morpholine rings is 1. The number of para-hydroxylation sites is 1. The van der Waals surface area contributed by atoms with Gasteiger partial charge in [-0.05, 0) is 50.2 Å². The first-order valence-corrected chi connectivity index (χ1v) is 12.4. The highest BCUT2D eigenvalue weighted by molar-refractivity contribution is 7.99. The summed E-state index contributed by atoms with van der Waals surface area (Å²) in [7, 11) is -3.66. The van der Waals surface area contributed by atoms with Gasteiger partial charge in [0.1, 0.15) is 0 Å². The largest absolute Gasteiger partial charge is 0.373 e. The Morgan fingerprint density at radius 1 is 1.16 bits per heavy atom. The molecule has 31 heavy (non-hydrogen) atoms. The minimum atomic E-state index is -3.66. The van der Waals surface area contributed by atoms with Gasteiger partial charge in [0.05, 0.1) is 28.9 Å². The van der Waals surface area contributed by atoms with E-state index in [2.05, 4.69) is 11.4 Å². The number of carbonyl (C=O) groups excluding carboxylic acids is 1. The lowest BCUT2D eigenvalue weighted by atomic mass is 10.2. The van der Waals surface area contributed by atoms with E-state index in [9.17, 15) is 13.2 Å². The van der Waals surface area contributed by atoms with E-state index < -0.39 is 10.0 Å². The van der Waals surface area contributed by atoms with Crippen LogP contribution in [0.4, 0.5) is 5.69 Å². The molecule has 2 aromatic rings. The summed E-state index contributed by atoms with van der Waals surface area (Å²) >= 11 is 1.50. The summed E-state index contributed by atoms with van der Waals surface area (Å²) in [6.45, 7) is 4.30. The van der Waals surface area contributed by atoms with E-state index in [4.69, 9.17) is 10.00 Å². The quantitative estimate of drug-likeness (QED) is 0.500. The Bertz CT molecular complexity index is 1050. The highest BCUT2D eigenvalue weighted by Crippen LogP contribution is 2.28. The zero-order chi connectivity index (χ0) is 22.4. The molecule has 0 unspecified atom stereocenters. The van der Waals surface area contributed by atoms with E-state index >= 15 is 0 Å². The van der Waals surface area contributed by atoms with Crippen LogP contribution >= 0.6 is 11.8 Å². The molecule has 3 rings (SSSR count). The molecule has 0 bridgehead atoms. The summed E-state index contributed by atoms with van der Waals surface area (Å²) in [4.78, 5) is 13.7. The normalized spacial score (nSPS) is 19.5. The molecule has 9 heteroatoms. The van der Waals surface area contributed by atoms with Crippen molar-refractivity contribution in [1.82, 2.24) is 4.31 Å². The Hall–Kier alpha value is -2.38. The number of nitrogens with zero attached hydrogens (tertiary/aromatic N) is 2. The summed E-state index contributed by atoms with van der Waals surface area (Å²) in [5.41, 5.74) is 1.02. The lowest BCUT2D eigenvalue weighted by Crippen LogP contribution is -2.48. The lowest BCUT2D eigenvalue weighted by molar-refractivity contribution is -0.0440. The topological polar surface area (TPSA) is 99.5 Å². The SMILES string of the molecule is C[C@H]1CN(S(=O)(=O)c2ccc(C(=O)Nc3ccccc3SCCC#N)cc2)C[C@H](C)O1. The molecule has 1 saturated heterocycles. The van der Waals surface area contributed by atoms with Crippen LogP contribution in [0.3, 0.4) is 0 Å². The van der Waals surface area contributed by atoms with Crippen LogP contribution in [0.1, 0.15) is 30.6 Å². The number of hydrogen-bond donors (Lipinski definition) is 1. The van der Waals surface area contributed by atoms with Crippen LogP contribution in [0.2, 0.25) is 0 Å². The van der Waals surface area contributed by atoms with Crippen LogP contribution in [0, 0.1) is 11.3 Å². The number of carbonyl (C=O) groups is 1. The van der Waals surface area contributed by atoms with Crippen molar-refractivity contribution in [2.45, 2.75) is 42.3 Å². The molecule has 2 atom stereocenters. The van der Waals surface area contributed by atoms with Gasteiger partial charge in [0.15, 0.2) is 0 Å². The third-order valence-electron chi connectivity index (χ3n) is 4.75. The van der Waals surface area contributed by atoms with Gasteiger partial charge in [-0.1, -0.05) is 12.1 Å². The zero-order valence-corrected chi connectivity index (χ0v) is 19.1. The van der Waals surface area contributed by atoms with Gasteiger partial charge in [0, 0.05) is 35.7 Å². The molecule has 0 spiro atoms. The molecule has 2 aromatic carbocycles. The monoisotopic (exact) mass is 459 g/mol. The van der Waals surface area contributed by atoms with Crippen LogP contribution in [0.15, 0.2) is 58.3 Å². The molecule has 0 aromatic heterocycles. The van der Waals surface area contributed by atoms with E-state index in [0.29, 0.717) is 36.5 Å². The molecule has 1 aliphatic rings. The smallest absolute Gasteiger partial charge is 0.255 e. The summed E-state index contributed by atoms with van der Waals surface area (Å²) in [5, 5.41) is 11.6. The Kier molecular flexibility index (Phi) is 7.73. The summed E-state index contributed by atoms with van der Waals surface area (Å²) in [5.74, 6) is 0.306. The number of thioether (sulfide) groups is 1. The molecule has 1 amide bonds. The van der Waals surface area contributed by atoms with Crippen molar-refractivity contribution < 1.29 is 17.9 Å². The third-order valence-corrected chi connectivity index (χ3v) is 7.67. The summed E-state index contributed by atoms with van der Waals surface area (Å²) in [6, 6.07) is 15.4. The average molecular weight is 460 g/mol. The second-order valence-corrected chi connectivity index (χ2v) is 10.4. The van der Waals surface area contributed by atoms with Crippen LogP contribution in [-0.4, -0.2) is 49.7 Å². The maximum absolute atomic E-state index is 13.0. The fourth-order valence-corrected chi connectivity index (χ4v) is 5.80. The van der Waals surface area contributed by atoms with Gasteiger partial charge in [0.2, 0.25) is 10.0 Å². The Morgan fingerprint density at radius 2 is 1.81 bits per heavy atom. The molecular formula is C22H25N3O4S2. The number of anilines is 1. The van der Waals surface area contributed by atoms with Gasteiger partial charge < -0.3 is 10.1 Å². The maximum Gasteiger partial charge on any atom is 0.255 e. The van der Waals surface area contributed by atoms with Crippen molar-refractivity contribution in [2.24, 2.45) is 0 Å². The van der Waals surface area contributed by atoms with Gasteiger partial charge in [-0.15, -0.1) is 11.8 Å². The number of nitrogens with one attached hydrogen (secondary N) is 1. The van der Waals surface area contributed by atoms with Crippen LogP contribution in [0.25, 0.3) is 0 Å². The fraction of sp³-hybridized carbons (Fsp3) is 0.364. The molecule has 0 radical (unpaired) electrons. The first-order valence-electron chi connectivity index (χ1n) is 9.97. The number of sulfonamides is 1. The number of rotatable bonds is 7. The van der Waals surface area contributed by atoms with Crippen LogP contribution in [-0.2, 0) is 14.8 Å². The average Bonchev–Trinajstić information content (AvgIpc) is 2.74. The van der Waals surface area contributed by atoms with E-state index in [0.717, 1.165) is 4.90 Å². The fourth-order valence-electron chi connectivity index (χ4n) is 3.35. The lowest BCUT2D eigenvalue weighted by Gasteiger charge is -2.34. The molecule has 0 saturated carbocycles. The van der Waals surface area contributed by atoms with Gasteiger partial charge in [-0.25, -0.2) is 8.42 Å². The van der Waals surface area contributed by atoms with Gasteiger partial charge >= 0.3 is 0 Å². The molecule has 1 fully saturated rings. The third kappa shape index (κ3) is 5.86. The molecule has 164 valence electrons. The van der Waals surface area contributed by atoms with Gasteiger partial charge in [-0.2, -0.15) is 9.57 Å². The zero-order valence-electron chi connectivity index (χ0n) is 17.4. The van der Waals surface area contributed by atoms with Crippen molar-refractivity contribution in [2.75, 3.05) is 24.2 Å². The predicted molar refractivity (Wildman–Crippen MR) is 121 cm³/mol. The number of benzene rings is 2. The van der Waals surface area contributed by atoms with Crippen molar-refractivity contribution >= 4 is 33.4 Å². The van der Waals surface area contributed by atoms with E-state index in [1.807, 2.05) is 32.0 Å². The van der Waals surface area contributed by atoms with Crippen molar-refractivity contribution in [3.63, 3.8) is 0 Å². The number of hydrogen-bond acceptors (Lipinski definition) is 6. The van der Waals surface area contributed by atoms with E-state index in [-0.39, 0.29) is 23.0 Å². The molecule has 1 aliphatic heterocycles. The summed E-state index contributed by atoms with van der Waals surface area (Å²) < 4.78 is 33.0. The Balaban J connectivity index is 1.72. The predicted octanol–water partition coefficient (Wildman–Crippen LogP) is 3.74. The van der Waals surface area contributed by atoms with Gasteiger partial charge in [0.25, 0.3) is 5.91 Å². The number of amides is 1. The molecule has 1 N–H and O–H groups in total. The minimum Gasteiger partial charge on any atom is -0.373 e. The highest BCUT2D eigenvalue weighted by Gasteiger charge is 2.32. The number of ether oxygens (including phenoxy) is 1. The summed E-state index contributed by atoms with van der Waals surface area (Å²) in [6.07, 6.45) is 0.0770. The molecule has 1 heterocycles. The van der Waals surface area contributed by atoms with Crippen molar-refractivity contribution in [3.05, 3.63) is 54.1 Å². The number of nitriles is 1. The van der Waals surface area contributed by atoms with E-state index in [1.165, 1.54) is 40.3 Å². The van der Waals surface area contributed by atoms with Crippen molar-refractivity contribution in [3.8, 4) is 6.07 Å². The van der Waals surface area contributed by atoms with Crippen LogP contribution in [0.5, 0.6) is 0 Å². The standard InChI is InChI=1S/C22H25N3O4S2/c1-16-14-25(15-17(2)29-16)31(27,28)19-10-8-18(9-11-19)22(26)24-20-6-3-4-7-21(20)30-13-5-12-23/h3-4,6-11,16-17H,5,13-15H2,1-2H3,(H,24,26)/t16-,17-/m0/s1. The second-order valence-electron chi connectivity index (χ2n) is 7.31. The second kappa shape index (κ2) is 10.3. The Labute approximate surface area is 187 Å². The van der Waals surface area contributed by atoms with Crippen molar-refractivity contribution in [1.29, 1.82) is 5.26 Å². The maximum atomic E-state index is 13.0. The van der Waals surface area contributed by atoms with Crippen LogP contribution < -0.4 is 5.32 Å². The first kappa shape index (κ1) is 23.3.